The Morgan fingerprint density at radius 2 is 1.92 bits per heavy atom. The van der Waals surface area contributed by atoms with E-state index in [4.69, 9.17) is 24.8 Å². The lowest BCUT2D eigenvalue weighted by molar-refractivity contribution is -0.169. The highest BCUT2D eigenvalue weighted by molar-refractivity contribution is 7.51. The van der Waals surface area contributed by atoms with Crippen molar-refractivity contribution in [2.24, 2.45) is 17.8 Å². The van der Waals surface area contributed by atoms with Crippen molar-refractivity contribution in [1.29, 1.82) is 0 Å². The number of aromatic nitrogens is 2. The van der Waals surface area contributed by atoms with Gasteiger partial charge >= 0.3 is 17.7 Å². The smallest absolute Gasteiger partial charge is 0.391 e. The number of amides is 1. The van der Waals surface area contributed by atoms with Crippen LogP contribution in [0.2, 0.25) is 5.02 Å². The summed E-state index contributed by atoms with van der Waals surface area (Å²) >= 11 is 5.87. The van der Waals surface area contributed by atoms with Crippen molar-refractivity contribution >= 4 is 29.1 Å². The van der Waals surface area contributed by atoms with E-state index in [0.717, 1.165) is 32.6 Å². The van der Waals surface area contributed by atoms with Crippen LogP contribution in [0.15, 0.2) is 18.2 Å². The summed E-state index contributed by atoms with van der Waals surface area (Å²) in [7, 11) is 1.41. The Hall–Kier alpha value is -2.44. The Bertz CT molecular complexity index is 1110. The molecule has 0 radical (unpaired) electrons. The number of benzene rings is 1. The number of halogens is 4. The van der Waals surface area contributed by atoms with Crippen LogP contribution in [0.5, 0.6) is 5.75 Å². The van der Waals surface area contributed by atoms with Crippen LogP contribution < -0.4 is 10.1 Å². The average Bonchev–Trinajstić information content (AvgIpc) is 3.19. The molecule has 1 aliphatic rings. The van der Waals surface area contributed by atoms with E-state index in [-0.39, 0.29) is 30.3 Å². The van der Waals surface area contributed by atoms with Crippen molar-refractivity contribution in [2.75, 3.05) is 20.3 Å². The predicted molar refractivity (Wildman–Crippen MR) is 138 cm³/mol. The Morgan fingerprint density at radius 3 is 2.47 bits per heavy atom. The van der Waals surface area contributed by atoms with Gasteiger partial charge in [-0.15, -0.1) is 0 Å². The van der Waals surface area contributed by atoms with Gasteiger partial charge in [-0.3, -0.25) is 9.48 Å². The van der Waals surface area contributed by atoms with Gasteiger partial charge in [0.1, 0.15) is 5.75 Å². The fourth-order valence-corrected chi connectivity index (χ4v) is 4.80. The van der Waals surface area contributed by atoms with Crippen molar-refractivity contribution in [3.63, 3.8) is 0 Å². The number of nitrogens with zero attached hydrogens (tertiary/aromatic N) is 2. The number of rotatable bonds is 9. The van der Waals surface area contributed by atoms with Crippen LogP contribution in [0.4, 0.5) is 13.2 Å². The topological polar surface area (TPSA) is 111 Å². The van der Waals surface area contributed by atoms with E-state index >= 15 is 0 Å². The second kappa shape index (κ2) is 14.6. The highest BCUT2D eigenvalue weighted by Gasteiger charge is 2.36. The highest BCUT2D eigenvalue weighted by atomic mass is 35.5. The first-order chi connectivity index (χ1) is 18.0. The van der Waals surface area contributed by atoms with Crippen LogP contribution >= 0.6 is 11.6 Å². The third kappa shape index (κ3) is 8.54. The Kier molecular flexibility index (Phi) is 12.2. The molecule has 38 heavy (non-hydrogen) atoms. The molecule has 1 unspecified atom stereocenters. The van der Waals surface area contributed by atoms with Crippen LogP contribution in [0, 0.1) is 17.8 Å². The first-order valence-corrected chi connectivity index (χ1v) is 13.3. The second-order valence-electron chi connectivity index (χ2n) is 9.54. The van der Waals surface area contributed by atoms with Crippen LogP contribution in [0.25, 0.3) is 11.3 Å². The van der Waals surface area contributed by atoms with E-state index in [2.05, 4.69) is 17.3 Å². The fraction of sp³-hybridized carbons (Fsp3) is 0.600. The number of hydrogen-bond donors (Lipinski definition) is 2. The molecule has 0 bridgehead atoms. The van der Waals surface area contributed by atoms with E-state index in [9.17, 15) is 23.1 Å². The highest BCUT2D eigenvalue weighted by Crippen LogP contribution is 2.38. The Morgan fingerprint density at radius 1 is 1.29 bits per heavy atom. The number of carbonyl (C=O) groups excluding carboxylic acids is 1. The van der Waals surface area contributed by atoms with Crippen LogP contribution in [-0.2, 0) is 24.5 Å². The van der Waals surface area contributed by atoms with E-state index < -0.39 is 29.6 Å². The molecule has 1 aromatic carbocycles. The van der Waals surface area contributed by atoms with Gasteiger partial charge < -0.3 is 15.2 Å². The number of ether oxygens (including phenoxy) is 1. The van der Waals surface area contributed by atoms with E-state index in [0.29, 0.717) is 41.0 Å². The maximum atomic E-state index is 13.0. The molecule has 0 aliphatic heterocycles. The zero-order chi connectivity index (χ0) is 28.5. The van der Waals surface area contributed by atoms with Gasteiger partial charge in [-0.05, 0) is 48.8 Å². The summed E-state index contributed by atoms with van der Waals surface area (Å²) in [5.74, 6) is -0.475. The molecule has 212 valence electrons. The summed E-state index contributed by atoms with van der Waals surface area (Å²) in [6.07, 6.45) is -0.0710. The molecule has 8 nitrogen and oxygen atoms in total. The SMILES string of the molecule is COc1cc(CC(C)C(F)(F)F)ccc1-c1c(Cl)c(C(=O)NCC2CCC(C)CC2)nn1CCO.O=S=O. The maximum Gasteiger partial charge on any atom is 0.391 e. The van der Waals surface area contributed by atoms with Gasteiger partial charge in [0.05, 0.1) is 36.9 Å². The molecule has 2 N–H and O–H groups in total. The summed E-state index contributed by atoms with van der Waals surface area (Å²) in [5.41, 5.74) is 1.34. The van der Waals surface area contributed by atoms with Crippen molar-refractivity contribution in [3.8, 4) is 17.0 Å². The largest absolute Gasteiger partial charge is 0.496 e. The summed E-state index contributed by atoms with van der Waals surface area (Å²) in [6.45, 7) is 3.75. The summed E-state index contributed by atoms with van der Waals surface area (Å²) in [6, 6.07) is 4.73. The molecule has 0 saturated heterocycles. The van der Waals surface area contributed by atoms with Gasteiger partial charge in [0.15, 0.2) is 5.69 Å². The molecule has 1 saturated carbocycles. The molecular weight excluding hydrogens is 547 g/mol. The number of hydrogen-bond acceptors (Lipinski definition) is 6. The number of aliphatic hydroxyl groups excluding tert-OH is 1. The molecule has 1 atom stereocenters. The minimum Gasteiger partial charge on any atom is -0.496 e. The number of alkyl halides is 3. The molecule has 3 rings (SSSR count). The molecule has 1 heterocycles. The summed E-state index contributed by atoms with van der Waals surface area (Å²) < 4.78 is 62.5. The molecule has 1 aliphatic carbocycles. The van der Waals surface area contributed by atoms with Gasteiger partial charge in [0.25, 0.3) is 5.91 Å². The lowest BCUT2D eigenvalue weighted by Gasteiger charge is -2.26. The minimum absolute atomic E-state index is 0.0381. The number of methoxy groups -OCH3 is 1. The molecular formula is C25H33ClF3N3O5S. The second-order valence-corrected chi connectivity index (χ2v) is 10.1. The Labute approximate surface area is 228 Å². The van der Waals surface area contributed by atoms with Crippen molar-refractivity contribution in [2.45, 2.75) is 58.7 Å². The molecule has 2 aromatic rings. The van der Waals surface area contributed by atoms with Gasteiger partial charge in [-0.25, -0.2) is 0 Å². The van der Waals surface area contributed by atoms with Gasteiger partial charge in [0, 0.05) is 12.1 Å². The molecule has 0 spiro atoms. The zero-order valence-electron chi connectivity index (χ0n) is 21.5. The standard InChI is InChI=1S/C25H33ClF3N3O3.O2S/c1-15-4-6-17(7-5-15)14-30-24(34)22-21(26)23(32(31-22)10-11-33)19-9-8-18(13-20(19)35-3)12-16(2)25(27,28)29;1-3-2/h8-9,13,15-17,33H,4-7,10-12,14H2,1-3H3,(H,30,34);. The van der Waals surface area contributed by atoms with Crippen LogP contribution in [0.1, 0.15) is 55.6 Å². The van der Waals surface area contributed by atoms with E-state index in [1.165, 1.54) is 17.9 Å². The van der Waals surface area contributed by atoms with Crippen molar-refractivity contribution in [3.05, 3.63) is 34.5 Å². The van der Waals surface area contributed by atoms with Crippen molar-refractivity contribution < 1.29 is 36.2 Å². The van der Waals surface area contributed by atoms with Crippen molar-refractivity contribution in [1.82, 2.24) is 15.1 Å². The quantitative estimate of drug-likeness (QED) is 0.440. The predicted octanol–water partition coefficient (Wildman–Crippen LogP) is 4.83. The number of nitrogens with one attached hydrogen (secondary N) is 1. The van der Waals surface area contributed by atoms with Gasteiger partial charge in [-0.2, -0.15) is 26.7 Å². The lowest BCUT2D eigenvalue weighted by atomic mass is 9.83. The lowest BCUT2D eigenvalue weighted by Crippen LogP contribution is -2.31. The number of carbonyl (C=O) groups is 1. The minimum atomic E-state index is -4.30. The fourth-order valence-electron chi connectivity index (χ4n) is 4.48. The summed E-state index contributed by atoms with van der Waals surface area (Å²) in [5, 5.41) is 16.9. The average molecular weight is 580 g/mol. The Balaban J connectivity index is 0.00000161. The first-order valence-electron chi connectivity index (χ1n) is 12.3. The molecule has 1 aromatic heterocycles. The van der Waals surface area contributed by atoms with Gasteiger partial charge in [-0.1, -0.05) is 44.4 Å². The van der Waals surface area contributed by atoms with Gasteiger partial charge in [0.2, 0.25) is 0 Å². The summed E-state index contributed by atoms with van der Waals surface area (Å²) in [4.78, 5) is 12.9. The molecule has 1 fully saturated rings. The third-order valence-corrected chi connectivity index (χ3v) is 7.09. The van der Waals surface area contributed by atoms with Crippen LogP contribution in [0.3, 0.4) is 0 Å². The number of aliphatic hydroxyl groups is 1. The van der Waals surface area contributed by atoms with Crippen LogP contribution in [-0.4, -0.2) is 55.6 Å². The maximum absolute atomic E-state index is 13.0. The monoisotopic (exact) mass is 579 g/mol. The normalized spacial score (nSPS) is 18.2. The first kappa shape index (κ1) is 31.8. The molecule has 1 amide bonds. The zero-order valence-corrected chi connectivity index (χ0v) is 23.1. The van der Waals surface area contributed by atoms with E-state index in [1.54, 1.807) is 12.1 Å². The molecule has 13 heteroatoms. The van der Waals surface area contributed by atoms with E-state index in [1.807, 2.05) is 0 Å². The third-order valence-electron chi connectivity index (χ3n) is 6.73.